The summed E-state index contributed by atoms with van der Waals surface area (Å²) >= 11 is 0. The van der Waals surface area contributed by atoms with E-state index in [1.54, 1.807) is 20.0 Å². The summed E-state index contributed by atoms with van der Waals surface area (Å²) in [5.74, 6) is -0.139. The predicted octanol–water partition coefficient (Wildman–Crippen LogP) is 0.678. The number of rotatable bonds is 5. The van der Waals surface area contributed by atoms with Crippen LogP contribution in [0, 0.1) is 0 Å². The quantitative estimate of drug-likeness (QED) is 0.812. The van der Waals surface area contributed by atoms with E-state index in [-0.39, 0.29) is 11.9 Å². The number of aromatic nitrogens is 2. The van der Waals surface area contributed by atoms with Gasteiger partial charge in [-0.2, -0.15) is 5.10 Å². The van der Waals surface area contributed by atoms with E-state index in [4.69, 9.17) is 0 Å². The molecule has 0 aromatic carbocycles. The fraction of sp³-hybridized carbons (Fsp3) is 0.667. The van der Waals surface area contributed by atoms with Gasteiger partial charge in [0.2, 0.25) is 0 Å². The lowest BCUT2D eigenvalue weighted by atomic mass is 10.1. The van der Waals surface area contributed by atoms with Crippen LogP contribution in [0.1, 0.15) is 26.7 Å². The van der Waals surface area contributed by atoms with E-state index in [0.717, 1.165) is 32.5 Å². The number of imide groups is 1. The standard InChI is InChI=1S/C15H23N5O2/c1-15(2)13(21)20(14(22)17-15)10-9-18-7-3-5-12(18)11-19-8-4-6-16-19/h4,6,8,12H,3,5,7,9-11H2,1-2H3,(H,17,22)/t12-/m0/s1. The molecule has 3 rings (SSSR count). The van der Waals surface area contributed by atoms with Gasteiger partial charge in [0.15, 0.2) is 0 Å². The van der Waals surface area contributed by atoms with Crippen molar-refractivity contribution in [3.05, 3.63) is 18.5 Å². The molecular formula is C15H23N5O2. The Morgan fingerprint density at radius 1 is 1.36 bits per heavy atom. The van der Waals surface area contributed by atoms with Crippen LogP contribution in [0.5, 0.6) is 0 Å². The number of hydrogen-bond donors (Lipinski definition) is 1. The first-order valence-corrected chi connectivity index (χ1v) is 7.83. The van der Waals surface area contributed by atoms with Crippen molar-refractivity contribution in [1.29, 1.82) is 0 Å². The molecule has 0 unspecified atom stereocenters. The summed E-state index contributed by atoms with van der Waals surface area (Å²) in [5.41, 5.74) is -0.781. The number of carbonyl (C=O) groups excluding carboxylic acids is 2. The minimum atomic E-state index is -0.781. The van der Waals surface area contributed by atoms with Crippen molar-refractivity contribution in [2.75, 3.05) is 19.6 Å². The van der Waals surface area contributed by atoms with Gasteiger partial charge in [0, 0.05) is 31.5 Å². The molecule has 1 N–H and O–H groups in total. The average Bonchev–Trinajstić information content (AvgIpc) is 3.14. The van der Waals surface area contributed by atoms with Crippen LogP contribution < -0.4 is 5.32 Å². The van der Waals surface area contributed by atoms with E-state index in [1.807, 2.05) is 16.9 Å². The molecule has 2 aliphatic rings. The zero-order valence-corrected chi connectivity index (χ0v) is 13.2. The van der Waals surface area contributed by atoms with Crippen molar-refractivity contribution in [2.24, 2.45) is 0 Å². The molecular weight excluding hydrogens is 282 g/mol. The van der Waals surface area contributed by atoms with E-state index in [0.29, 0.717) is 12.6 Å². The number of carbonyl (C=O) groups is 2. The van der Waals surface area contributed by atoms with Gasteiger partial charge in [0.1, 0.15) is 5.54 Å². The second kappa shape index (κ2) is 5.72. The van der Waals surface area contributed by atoms with Crippen LogP contribution in [0.2, 0.25) is 0 Å². The molecule has 0 bridgehead atoms. The summed E-state index contributed by atoms with van der Waals surface area (Å²) in [6.07, 6.45) is 6.04. The molecule has 1 atom stereocenters. The van der Waals surface area contributed by atoms with Crippen molar-refractivity contribution >= 4 is 11.9 Å². The molecule has 2 aliphatic heterocycles. The van der Waals surface area contributed by atoms with Crippen LogP contribution in [0.4, 0.5) is 4.79 Å². The maximum absolute atomic E-state index is 12.2. The van der Waals surface area contributed by atoms with E-state index >= 15 is 0 Å². The van der Waals surface area contributed by atoms with Crippen molar-refractivity contribution in [3.8, 4) is 0 Å². The molecule has 0 radical (unpaired) electrons. The first kappa shape index (κ1) is 15.0. The molecule has 2 saturated heterocycles. The highest BCUT2D eigenvalue weighted by Gasteiger charge is 2.44. The van der Waals surface area contributed by atoms with E-state index in [2.05, 4.69) is 15.3 Å². The number of amides is 3. The molecule has 1 aromatic rings. The molecule has 0 aliphatic carbocycles. The molecule has 1 aromatic heterocycles. The van der Waals surface area contributed by atoms with Gasteiger partial charge in [0.05, 0.1) is 6.54 Å². The van der Waals surface area contributed by atoms with Crippen molar-refractivity contribution < 1.29 is 9.59 Å². The SMILES string of the molecule is CC1(C)NC(=O)N(CCN2CCC[C@H]2Cn2cccn2)C1=O. The van der Waals surface area contributed by atoms with Crippen LogP contribution in [0.3, 0.4) is 0 Å². The summed E-state index contributed by atoms with van der Waals surface area (Å²) in [7, 11) is 0. The third-order valence-electron chi connectivity index (χ3n) is 4.51. The van der Waals surface area contributed by atoms with Crippen molar-refractivity contribution in [3.63, 3.8) is 0 Å². The zero-order chi connectivity index (χ0) is 15.7. The second-order valence-corrected chi connectivity index (χ2v) is 6.57. The van der Waals surface area contributed by atoms with Crippen LogP contribution >= 0.6 is 0 Å². The van der Waals surface area contributed by atoms with Gasteiger partial charge in [-0.3, -0.25) is 19.3 Å². The molecule has 3 amide bonds. The van der Waals surface area contributed by atoms with E-state index in [1.165, 1.54) is 4.90 Å². The summed E-state index contributed by atoms with van der Waals surface area (Å²) < 4.78 is 1.94. The highest BCUT2D eigenvalue weighted by molar-refractivity contribution is 6.06. The summed E-state index contributed by atoms with van der Waals surface area (Å²) in [4.78, 5) is 27.8. The number of hydrogen-bond acceptors (Lipinski definition) is 4. The van der Waals surface area contributed by atoms with Gasteiger partial charge >= 0.3 is 6.03 Å². The molecule has 2 fully saturated rings. The lowest BCUT2D eigenvalue weighted by molar-refractivity contribution is -0.130. The molecule has 0 saturated carbocycles. The maximum Gasteiger partial charge on any atom is 0.325 e. The highest BCUT2D eigenvalue weighted by atomic mass is 16.2. The van der Waals surface area contributed by atoms with Crippen molar-refractivity contribution in [2.45, 2.75) is 44.8 Å². The molecule has 0 spiro atoms. The smallest absolute Gasteiger partial charge is 0.324 e. The Morgan fingerprint density at radius 2 is 2.18 bits per heavy atom. The Morgan fingerprint density at radius 3 is 2.82 bits per heavy atom. The Hall–Kier alpha value is -1.89. The Labute approximate surface area is 130 Å². The third kappa shape index (κ3) is 2.85. The first-order chi connectivity index (χ1) is 10.5. The Kier molecular flexibility index (Phi) is 3.90. The molecule has 120 valence electrons. The normalized spacial score (nSPS) is 25.0. The third-order valence-corrected chi connectivity index (χ3v) is 4.51. The largest absolute Gasteiger partial charge is 0.325 e. The van der Waals surface area contributed by atoms with Crippen LogP contribution in [-0.4, -0.2) is 62.7 Å². The van der Waals surface area contributed by atoms with Gasteiger partial charge in [-0.1, -0.05) is 0 Å². The highest BCUT2D eigenvalue weighted by Crippen LogP contribution is 2.20. The molecule has 3 heterocycles. The Balaban J connectivity index is 1.56. The van der Waals surface area contributed by atoms with E-state index < -0.39 is 5.54 Å². The van der Waals surface area contributed by atoms with E-state index in [9.17, 15) is 9.59 Å². The summed E-state index contributed by atoms with van der Waals surface area (Å²) in [6.45, 7) is 6.52. The fourth-order valence-electron chi connectivity index (χ4n) is 3.27. The van der Waals surface area contributed by atoms with Crippen molar-refractivity contribution in [1.82, 2.24) is 24.9 Å². The molecule has 7 nitrogen and oxygen atoms in total. The second-order valence-electron chi connectivity index (χ2n) is 6.57. The Bertz CT molecular complexity index is 554. The lowest BCUT2D eigenvalue weighted by Gasteiger charge is -2.26. The minimum absolute atomic E-state index is 0.139. The monoisotopic (exact) mass is 305 g/mol. The van der Waals surface area contributed by atoms with Gasteiger partial charge in [-0.25, -0.2) is 4.79 Å². The predicted molar refractivity (Wildman–Crippen MR) is 81.1 cm³/mol. The summed E-state index contributed by atoms with van der Waals surface area (Å²) in [5, 5.41) is 6.98. The number of nitrogens with zero attached hydrogens (tertiary/aromatic N) is 4. The van der Waals surface area contributed by atoms with Gasteiger partial charge in [-0.15, -0.1) is 0 Å². The first-order valence-electron chi connectivity index (χ1n) is 7.83. The summed E-state index contributed by atoms with van der Waals surface area (Å²) in [6, 6.07) is 2.07. The van der Waals surface area contributed by atoms with Crippen LogP contribution in [0.15, 0.2) is 18.5 Å². The van der Waals surface area contributed by atoms with Crippen LogP contribution in [-0.2, 0) is 11.3 Å². The maximum atomic E-state index is 12.2. The minimum Gasteiger partial charge on any atom is -0.324 e. The molecule has 22 heavy (non-hydrogen) atoms. The fourth-order valence-corrected chi connectivity index (χ4v) is 3.27. The van der Waals surface area contributed by atoms with Crippen LogP contribution in [0.25, 0.3) is 0 Å². The number of likely N-dealkylation sites (tertiary alicyclic amines) is 1. The molecule has 7 heteroatoms. The lowest BCUT2D eigenvalue weighted by Crippen LogP contribution is -2.43. The average molecular weight is 305 g/mol. The number of nitrogens with one attached hydrogen (secondary N) is 1. The van der Waals surface area contributed by atoms with Gasteiger partial charge in [-0.05, 0) is 39.3 Å². The van der Waals surface area contributed by atoms with Gasteiger partial charge < -0.3 is 5.32 Å². The number of urea groups is 1. The zero-order valence-electron chi connectivity index (χ0n) is 13.2. The van der Waals surface area contributed by atoms with Gasteiger partial charge in [0.25, 0.3) is 5.91 Å². The topological polar surface area (TPSA) is 70.5 Å².